The molecule has 2 fully saturated rings. The molecule has 0 aromatic heterocycles. The summed E-state index contributed by atoms with van der Waals surface area (Å²) in [6, 6.07) is 10.4. The molecule has 2 aromatic rings. The average Bonchev–Trinajstić information content (AvgIpc) is 3.54. The number of halogens is 2. The zero-order valence-electron chi connectivity index (χ0n) is 17.8. The molecule has 1 saturated heterocycles. The van der Waals surface area contributed by atoms with E-state index in [4.69, 9.17) is 4.74 Å². The van der Waals surface area contributed by atoms with Crippen molar-refractivity contribution in [1.82, 2.24) is 9.62 Å². The minimum absolute atomic E-state index is 0.0468. The summed E-state index contributed by atoms with van der Waals surface area (Å²) in [5.41, 5.74) is 1.14. The number of rotatable bonds is 7. The lowest BCUT2D eigenvalue weighted by molar-refractivity contribution is -0.133. The van der Waals surface area contributed by atoms with E-state index in [1.165, 1.54) is 25.3 Å². The minimum Gasteiger partial charge on any atom is -0.367 e. The van der Waals surface area contributed by atoms with Crippen molar-refractivity contribution in [2.75, 3.05) is 26.1 Å². The van der Waals surface area contributed by atoms with Crippen LogP contribution in [0.3, 0.4) is 0 Å². The second-order valence-electron chi connectivity index (χ2n) is 8.40. The third-order valence-electron chi connectivity index (χ3n) is 6.05. The molecule has 1 aliphatic carbocycles. The van der Waals surface area contributed by atoms with Gasteiger partial charge in [0, 0.05) is 32.2 Å². The highest BCUT2D eigenvalue weighted by atomic mass is 32.2. The second kappa shape index (κ2) is 9.25. The van der Waals surface area contributed by atoms with E-state index in [-0.39, 0.29) is 29.3 Å². The summed E-state index contributed by atoms with van der Waals surface area (Å²) < 4.78 is 60.1. The normalized spacial score (nSPS) is 23.2. The summed E-state index contributed by atoms with van der Waals surface area (Å²) in [5.74, 6) is -2.14. The molecular weight excluding hydrogens is 438 g/mol. The predicted octanol–water partition coefficient (Wildman–Crippen LogP) is 3.25. The molecule has 2 unspecified atom stereocenters. The van der Waals surface area contributed by atoms with Crippen LogP contribution in [-0.2, 0) is 19.6 Å². The maximum Gasteiger partial charge on any atom is 0.236 e. The fourth-order valence-corrected chi connectivity index (χ4v) is 5.64. The second-order valence-corrected chi connectivity index (χ2v) is 10.1. The fraction of sp³-hybridized carbons (Fsp3) is 0.435. The average molecular weight is 465 g/mol. The lowest BCUT2D eigenvalue weighted by Crippen LogP contribution is -2.50. The molecule has 1 saturated carbocycles. The molecule has 172 valence electrons. The molecule has 4 rings (SSSR count). The van der Waals surface area contributed by atoms with E-state index < -0.39 is 27.6 Å². The van der Waals surface area contributed by atoms with E-state index in [0.29, 0.717) is 37.9 Å². The van der Waals surface area contributed by atoms with Gasteiger partial charge in [-0.1, -0.05) is 30.3 Å². The van der Waals surface area contributed by atoms with E-state index in [1.54, 1.807) is 23.1 Å². The van der Waals surface area contributed by atoms with Crippen LogP contribution in [0.5, 0.6) is 0 Å². The van der Waals surface area contributed by atoms with Crippen molar-refractivity contribution in [3.8, 4) is 11.1 Å². The SMILES string of the molecule is COCS(=O)(=O)N[C@H]1CCCN(C(=O)C2CC2c2ccccc2-c2c(F)cccc2F)C1. The van der Waals surface area contributed by atoms with Crippen LogP contribution < -0.4 is 4.72 Å². The lowest BCUT2D eigenvalue weighted by Gasteiger charge is -2.33. The number of sulfonamides is 1. The zero-order chi connectivity index (χ0) is 22.9. The van der Waals surface area contributed by atoms with Gasteiger partial charge >= 0.3 is 0 Å². The number of ether oxygens (including phenoxy) is 1. The smallest absolute Gasteiger partial charge is 0.236 e. The Bertz CT molecular complexity index is 1090. The van der Waals surface area contributed by atoms with Crippen LogP contribution >= 0.6 is 0 Å². The van der Waals surface area contributed by atoms with Gasteiger partial charge in [-0.3, -0.25) is 4.79 Å². The van der Waals surface area contributed by atoms with Crippen molar-refractivity contribution in [1.29, 1.82) is 0 Å². The van der Waals surface area contributed by atoms with Gasteiger partial charge in [-0.15, -0.1) is 0 Å². The fourth-order valence-electron chi connectivity index (χ4n) is 4.57. The molecular formula is C23H26F2N2O4S. The predicted molar refractivity (Wildman–Crippen MR) is 116 cm³/mol. The van der Waals surface area contributed by atoms with Crippen LogP contribution in [0.4, 0.5) is 8.78 Å². The Balaban J connectivity index is 1.48. The van der Waals surface area contributed by atoms with Crippen molar-refractivity contribution in [3.63, 3.8) is 0 Å². The number of nitrogens with one attached hydrogen (secondary N) is 1. The first-order valence-corrected chi connectivity index (χ1v) is 12.3. The molecule has 1 amide bonds. The van der Waals surface area contributed by atoms with Gasteiger partial charge in [-0.25, -0.2) is 21.9 Å². The molecule has 6 nitrogen and oxygen atoms in total. The van der Waals surface area contributed by atoms with Crippen molar-refractivity contribution < 1.29 is 26.7 Å². The van der Waals surface area contributed by atoms with Crippen molar-refractivity contribution >= 4 is 15.9 Å². The number of likely N-dealkylation sites (tertiary alicyclic amines) is 1. The summed E-state index contributed by atoms with van der Waals surface area (Å²) in [6.07, 6.45) is 1.94. The van der Waals surface area contributed by atoms with Crippen LogP contribution in [0.15, 0.2) is 42.5 Å². The minimum atomic E-state index is -3.56. The van der Waals surface area contributed by atoms with Gasteiger partial charge in [0.15, 0.2) is 5.94 Å². The first-order valence-electron chi connectivity index (χ1n) is 10.6. The Kier molecular flexibility index (Phi) is 6.60. The zero-order valence-corrected chi connectivity index (χ0v) is 18.6. The molecule has 0 bridgehead atoms. The van der Waals surface area contributed by atoms with Crippen LogP contribution in [0.1, 0.15) is 30.7 Å². The van der Waals surface area contributed by atoms with Crippen LogP contribution in [0, 0.1) is 17.6 Å². The van der Waals surface area contributed by atoms with Crippen molar-refractivity contribution in [2.24, 2.45) is 5.92 Å². The molecule has 3 atom stereocenters. The van der Waals surface area contributed by atoms with Gasteiger partial charge in [0.1, 0.15) is 11.6 Å². The van der Waals surface area contributed by atoms with Crippen LogP contribution in [-0.4, -0.2) is 51.4 Å². The van der Waals surface area contributed by atoms with E-state index >= 15 is 0 Å². The topological polar surface area (TPSA) is 75.7 Å². The van der Waals surface area contributed by atoms with Gasteiger partial charge < -0.3 is 9.64 Å². The molecule has 1 N–H and O–H groups in total. The molecule has 2 aliphatic rings. The quantitative estimate of drug-likeness (QED) is 0.683. The highest BCUT2D eigenvalue weighted by molar-refractivity contribution is 7.89. The number of nitrogens with zero attached hydrogens (tertiary/aromatic N) is 1. The van der Waals surface area contributed by atoms with E-state index in [1.807, 2.05) is 6.07 Å². The standard InChI is InChI=1S/C23H26F2N2O4S/c1-31-14-32(29,30)26-15-6-5-11-27(13-15)23(28)19-12-18(19)16-7-2-3-8-17(16)22-20(24)9-4-10-21(22)25/h2-4,7-10,15,18-19,26H,5-6,11-14H2,1H3/t15-,18?,19?/m0/s1. The summed E-state index contributed by atoms with van der Waals surface area (Å²) in [4.78, 5) is 14.8. The summed E-state index contributed by atoms with van der Waals surface area (Å²) in [7, 11) is -2.25. The monoisotopic (exact) mass is 464 g/mol. The number of amides is 1. The van der Waals surface area contributed by atoms with Crippen LogP contribution in [0.25, 0.3) is 11.1 Å². The third-order valence-corrected chi connectivity index (χ3v) is 7.29. The maximum atomic E-state index is 14.4. The molecule has 0 spiro atoms. The Morgan fingerprint density at radius 2 is 1.88 bits per heavy atom. The third kappa shape index (κ3) is 4.84. The number of benzene rings is 2. The highest BCUT2D eigenvalue weighted by Gasteiger charge is 2.47. The lowest BCUT2D eigenvalue weighted by atomic mass is 9.95. The molecule has 2 aromatic carbocycles. The number of hydrogen-bond acceptors (Lipinski definition) is 4. The van der Waals surface area contributed by atoms with Gasteiger partial charge in [0.25, 0.3) is 0 Å². The van der Waals surface area contributed by atoms with Crippen molar-refractivity contribution in [3.05, 3.63) is 59.7 Å². The summed E-state index contributed by atoms with van der Waals surface area (Å²) in [6.45, 7) is 0.864. The largest absolute Gasteiger partial charge is 0.367 e. The molecule has 1 aliphatic heterocycles. The van der Waals surface area contributed by atoms with Gasteiger partial charge in [0.05, 0.1) is 5.56 Å². The van der Waals surface area contributed by atoms with E-state index in [2.05, 4.69) is 4.72 Å². The Hall–Kier alpha value is -2.36. The molecule has 1 heterocycles. The molecule has 32 heavy (non-hydrogen) atoms. The highest BCUT2D eigenvalue weighted by Crippen LogP contribution is 2.51. The van der Waals surface area contributed by atoms with Crippen LogP contribution in [0.2, 0.25) is 0 Å². The molecule has 9 heteroatoms. The molecule has 0 radical (unpaired) electrons. The number of piperidine rings is 1. The Morgan fingerprint density at radius 3 is 2.59 bits per heavy atom. The Morgan fingerprint density at radius 1 is 1.16 bits per heavy atom. The van der Waals surface area contributed by atoms with Crippen molar-refractivity contribution in [2.45, 2.75) is 31.2 Å². The van der Waals surface area contributed by atoms with Gasteiger partial charge in [-0.05, 0) is 48.4 Å². The number of methoxy groups -OCH3 is 1. The summed E-state index contributed by atoms with van der Waals surface area (Å²) >= 11 is 0. The van der Waals surface area contributed by atoms with Gasteiger partial charge in [-0.2, -0.15) is 0 Å². The Labute approximate surface area is 186 Å². The number of carbonyl (C=O) groups excluding carboxylic acids is 1. The van der Waals surface area contributed by atoms with E-state index in [0.717, 1.165) is 5.56 Å². The summed E-state index contributed by atoms with van der Waals surface area (Å²) in [5, 5.41) is 0. The first-order chi connectivity index (χ1) is 15.3. The number of carbonyl (C=O) groups is 1. The maximum absolute atomic E-state index is 14.4. The number of hydrogen-bond donors (Lipinski definition) is 1. The van der Waals surface area contributed by atoms with E-state index in [9.17, 15) is 22.0 Å². The first kappa shape index (κ1) is 22.8. The van der Waals surface area contributed by atoms with Gasteiger partial charge in [0.2, 0.25) is 15.9 Å².